The van der Waals surface area contributed by atoms with Gasteiger partial charge in [0.15, 0.2) is 0 Å². The van der Waals surface area contributed by atoms with Gasteiger partial charge in [0.05, 0.1) is 12.6 Å². The summed E-state index contributed by atoms with van der Waals surface area (Å²) >= 11 is 0. The molecular weight excluding hydrogens is 192 g/mol. The quantitative estimate of drug-likeness (QED) is 0.261. The Morgan fingerprint density at radius 2 is 2.07 bits per heavy atom. The average Bonchev–Trinajstić information content (AvgIpc) is 2.22. The van der Waals surface area contributed by atoms with Gasteiger partial charge in [0.1, 0.15) is 0 Å². The van der Waals surface area contributed by atoms with E-state index in [9.17, 15) is 0 Å². The van der Waals surface area contributed by atoms with Gasteiger partial charge < -0.3 is 10.1 Å². The highest BCUT2D eigenvalue weighted by molar-refractivity contribution is 5.79. The Labute approximate surface area is 92.4 Å². The molecule has 1 unspecified atom stereocenters. The van der Waals surface area contributed by atoms with Crippen molar-refractivity contribution in [2.24, 2.45) is 16.8 Å². The van der Waals surface area contributed by atoms with Crippen molar-refractivity contribution in [1.29, 1.82) is 0 Å². The largest absolute Gasteiger partial charge is 0.380 e. The first kappa shape index (κ1) is 14.2. The summed E-state index contributed by atoms with van der Waals surface area (Å²) in [5, 5.41) is 3.23. The van der Waals surface area contributed by atoms with Crippen LogP contribution in [-0.4, -0.2) is 31.8 Å². The Bertz CT molecular complexity index is 182. The van der Waals surface area contributed by atoms with E-state index in [-0.39, 0.29) is 6.04 Å². The van der Waals surface area contributed by atoms with Crippen molar-refractivity contribution in [2.45, 2.75) is 33.7 Å². The number of aliphatic imine (C=N–C) groups is 1. The topological polar surface area (TPSA) is 71.7 Å². The molecule has 0 amide bonds. The van der Waals surface area contributed by atoms with Gasteiger partial charge in [-0.05, 0) is 19.8 Å². The van der Waals surface area contributed by atoms with E-state index in [0.29, 0.717) is 25.0 Å². The monoisotopic (exact) mass is 216 g/mol. The Hall–Kier alpha value is -0.810. The zero-order valence-corrected chi connectivity index (χ0v) is 10.2. The van der Waals surface area contributed by atoms with Crippen LogP contribution in [-0.2, 0) is 4.74 Å². The molecule has 0 aromatic rings. The van der Waals surface area contributed by atoms with Crippen molar-refractivity contribution < 1.29 is 4.74 Å². The van der Waals surface area contributed by atoms with Gasteiger partial charge in [-0.2, -0.15) is 0 Å². The molecule has 4 N–H and O–H groups in total. The van der Waals surface area contributed by atoms with Crippen molar-refractivity contribution in [2.75, 3.05) is 19.8 Å². The molecule has 1 atom stereocenters. The normalized spacial score (nSPS) is 14.1. The molecule has 0 spiro atoms. The van der Waals surface area contributed by atoms with Gasteiger partial charge in [-0.1, -0.05) is 13.8 Å². The third-order valence-corrected chi connectivity index (χ3v) is 2.08. The van der Waals surface area contributed by atoms with E-state index in [0.717, 1.165) is 6.61 Å². The highest BCUT2D eigenvalue weighted by Crippen LogP contribution is 2.01. The molecule has 5 heteroatoms. The molecule has 0 saturated heterocycles. The standard InChI is InChI=1S/C10H24N4O/c1-5-12-10(14-11)13-9(8(3)4)7-15-6-2/h8-9H,5-7,11H2,1-4H3,(H2,12,13,14). The molecule has 0 heterocycles. The lowest BCUT2D eigenvalue weighted by Crippen LogP contribution is -2.50. The number of guanidine groups is 1. The summed E-state index contributed by atoms with van der Waals surface area (Å²) in [5.74, 6) is 6.44. The van der Waals surface area contributed by atoms with Crippen LogP contribution in [0.4, 0.5) is 0 Å². The predicted molar refractivity (Wildman–Crippen MR) is 63.6 cm³/mol. The Morgan fingerprint density at radius 1 is 1.40 bits per heavy atom. The lowest BCUT2D eigenvalue weighted by Gasteiger charge is -2.23. The number of hydrogen-bond donors (Lipinski definition) is 3. The van der Waals surface area contributed by atoms with Gasteiger partial charge in [0.25, 0.3) is 0 Å². The van der Waals surface area contributed by atoms with E-state index in [1.165, 1.54) is 0 Å². The van der Waals surface area contributed by atoms with E-state index in [2.05, 4.69) is 29.6 Å². The van der Waals surface area contributed by atoms with Crippen molar-refractivity contribution in [1.82, 2.24) is 10.7 Å². The van der Waals surface area contributed by atoms with E-state index in [1.807, 2.05) is 13.8 Å². The summed E-state index contributed by atoms with van der Waals surface area (Å²) in [6, 6.07) is 0.228. The molecule has 15 heavy (non-hydrogen) atoms. The third-order valence-electron chi connectivity index (χ3n) is 2.08. The minimum absolute atomic E-state index is 0.228. The first-order valence-electron chi connectivity index (χ1n) is 5.51. The molecule has 0 aliphatic carbocycles. The van der Waals surface area contributed by atoms with Gasteiger partial charge in [-0.25, -0.2) is 5.84 Å². The highest BCUT2D eigenvalue weighted by Gasteiger charge is 2.14. The Kier molecular flexibility index (Phi) is 8.04. The second-order valence-corrected chi connectivity index (χ2v) is 3.62. The molecule has 0 aromatic carbocycles. The lowest BCUT2D eigenvalue weighted by atomic mass is 10.1. The molecule has 0 bridgehead atoms. The molecule has 0 saturated carbocycles. The number of nitrogens with two attached hydrogens (primary N) is 1. The van der Waals surface area contributed by atoms with Gasteiger partial charge in [-0.15, -0.1) is 0 Å². The molecule has 0 rings (SSSR count). The van der Waals surface area contributed by atoms with Gasteiger partial charge in [-0.3, -0.25) is 10.4 Å². The molecule has 90 valence electrons. The number of nitrogens with zero attached hydrogens (tertiary/aromatic N) is 1. The number of hydrogen-bond acceptors (Lipinski definition) is 3. The van der Waals surface area contributed by atoms with Crippen molar-refractivity contribution in [3.63, 3.8) is 0 Å². The van der Waals surface area contributed by atoms with Crippen LogP contribution in [0, 0.1) is 5.92 Å². The highest BCUT2D eigenvalue weighted by atomic mass is 16.5. The van der Waals surface area contributed by atoms with Crippen LogP contribution in [0.2, 0.25) is 0 Å². The van der Waals surface area contributed by atoms with Gasteiger partial charge in [0.2, 0.25) is 5.96 Å². The third kappa shape index (κ3) is 6.30. The van der Waals surface area contributed by atoms with Crippen LogP contribution < -0.4 is 16.6 Å². The molecule has 5 nitrogen and oxygen atoms in total. The van der Waals surface area contributed by atoms with E-state index >= 15 is 0 Å². The Balaban J connectivity index is 4.18. The predicted octanol–water partition coefficient (Wildman–Crippen LogP) is 0.476. The van der Waals surface area contributed by atoms with Crippen LogP contribution in [0.15, 0.2) is 4.99 Å². The fraction of sp³-hybridized carbons (Fsp3) is 0.900. The maximum Gasteiger partial charge on any atom is 0.206 e. The van der Waals surface area contributed by atoms with Crippen molar-refractivity contribution >= 4 is 5.96 Å². The second-order valence-electron chi connectivity index (χ2n) is 3.62. The van der Waals surface area contributed by atoms with E-state index in [1.54, 1.807) is 0 Å². The first-order valence-corrected chi connectivity index (χ1v) is 5.51. The zero-order valence-electron chi connectivity index (χ0n) is 10.2. The molecule has 0 fully saturated rings. The summed E-state index contributed by atoms with van der Waals surface area (Å²) in [6.45, 7) is 10.3. The SMILES string of the molecule is CCN=C(NN)NC(COCC)C(C)C. The molecular formula is C10H24N4O. The molecule has 0 aliphatic heterocycles. The Morgan fingerprint density at radius 3 is 2.47 bits per heavy atom. The minimum Gasteiger partial charge on any atom is -0.380 e. The van der Waals surface area contributed by atoms with Crippen LogP contribution in [0.1, 0.15) is 27.7 Å². The summed E-state index contributed by atoms with van der Waals surface area (Å²) in [5.41, 5.74) is 2.55. The fourth-order valence-corrected chi connectivity index (χ4v) is 1.11. The van der Waals surface area contributed by atoms with Crippen molar-refractivity contribution in [3.8, 4) is 0 Å². The maximum atomic E-state index is 5.39. The smallest absolute Gasteiger partial charge is 0.206 e. The van der Waals surface area contributed by atoms with Crippen LogP contribution in [0.25, 0.3) is 0 Å². The van der Waals surface area contributed by atoms with E-state index in [4.69, 9.17) is 10.6 Å². The van der Waals surface area contributed by atoms with Crippen LogP contribution >= 0.6 is 0 Å². The average molecular weight is 216 g/mol. The van der Waals surface area contributed by atoms with Crippen LogP contribution in [0.3, 0.4) is 0 Å². The summed E-state index contributed by atoms with van der Waals surface area (Å²) < 4.78 is 5.39. The van der Waals surface area contributed by atoms with Crippen LogP contribution in [0.5, 0.6) is 0 Å². The molecule has 0 aliphatic rings. The summed E-state index contributed by atoms with van der Waals surface area (Å²) in [7, 11) is 0. The van der Waals surface area contributed by atoms with Gasteiger partial charge in [0, 0.05) is 13.2 Å². The second kappa shape index (κ2) is 8.49. The zero-order chi connectivity index (χ0) is 11.7. The fourth-order valence-electron chi connectivity index (χ4n) is 1.11. The molecule has 0 aromatic heterocycles. The number of hydrazine groups is 1. The number of rotatable bonds is 6. The minimum atomic E-state index is 0.228. The van der Waals surface area contributed by atoms with E-state index < -0.39 is 0 Å². The maximum absolute atomic E-state index is 5.39. The van der Waals surface area contributed by atoms with Crippen molar-refractivity contribution in [3.05, 3.63) is 0 Å². The summed E-state index contributed by atoms with van der Waals surface area (Å²) in [4.78, 5) is 4.19. The number of nitrogens with one attached hydrogen (secondary N) is 2. The molecule has 0 radical (unpaired) electrons. The summed E-state index contributed by atoms with van der Waals surface area (Å²) in [6.07, 6.45) is 0. The number of ether oxygens (including phenoxy) is 1. The lowest BCUT2D eigenvalue weighted by molar-refractivity contribution is 0.115. The van der Waals surface area contributed by atoms with Gasteiger partial charge >= 0.3 is 0 Å². The first-order chi connectivity index (χ1) is 7.15.